The van der Waals surface area contributed by atoms with E-state index in [0.29, 0.717) is 0 Å². The fraction of sp³-hybridized carbons (Fsp3) is 0.647. The molecule has 1 aliphatic rings. The van der Waals surface area contributed by atoms with E-state index >= 15 is 0 Å². The van der Waals surface area contributed by atoms with E-state index in [9.17, 15) is 0 Å². The first-order valence-corrected chi connectivity index (χ1v) is 7.70. The minimum Gasteiger partial charge on any atom is -0.496 e. The summed E-state index contributed by atoms with van der Waals surface area (Å²) in [6.07, 6.45) is 7.75. The molecule has 2 heteroatoms. The van der Waals surface area contributed by atoms with Crippen molar-refractivity contribution in [2.45, 2.75) is 51.5 Å². The number of para-hydroxylation sites is 1. The molecule has 0 spiro atoms. The van der Waals surface area contributed by atoms with E-state index in [2.05, 4.69) is 30.4 Å². The summed E-state index contributed by atoms with van der Waals surface area (Å²) in [6, 6.07) is 9.13. The van der Waals surface area contributed by atoms with Gasteiger partial charge in [0.15, 0.2) is 0 Å². The first kappa shape index (κ1) is 14.4. The average Bonchev–Trinajstić information content (AvgIpc) is 3.27. The molecular weight excluding hydrogens is 234 g/mol. The van der Waals surface area contributed by atoms with Gasteiger partial charge in [-0.25, -0.2) is 0 Å². The molecule has 1 atom stereocenters. The first-order chi connectivity index (χ1) is 9.35. The Bertz CT molecular complexity index is 373. The van der Waals surface area contributed by atoms with Crippen LogP contribution in [0.15, 0.2) is 24.3 Å². The van der Waals surface area contributed by atoms with Crippen LogP contribution in [0.25, 0.3) is 0 Å². The van der Waals surface area contributed by atoms with Gasteiger partial charge >= 0.3 is 0 Å². The molecule has 0 radical (unpaired) electrons. The van der Waals surface area contributed by atoms with Crippen LogP contribution in [0.4, 0.5) is 0 Å². The van der Waals surface area contributed by atoms with E-state index in [1.54, 1.807) is 7.11 Å². The molecule has 1 saturated carbocycles. The summed E-state index contributed by atoms with van der Waals surface area (Å²) in [7, 11) is 1.76. The summed E-state index contributed by atoms with van der Waals surface area (Å²) in [5, 5.41) is 3.71. The van der Waals surface area contributed by atoms with Gasteiger partial charge in [-0.15, -0.1) is 0 Å². The zero-order valence-corrected chi connectivity index (χ0v) is 12.3. The van der Waals surface area contributed by atoms with Gasteiger partial charge in [0.25, 0.3) is 0 Å². The second-order valence-electron chi connectivity index (χ2n) is 5.60. The lowest BCUT2D eigenvalue weighted by Gasteiger charge is -2.18. The summed E-state index contributed by atoms with van der Waals surface area (Å²) >= 11 is 0. The largest absolute Gasteiger partial charge is 0.496 e. The Morgan fingerprint density at radius 1 is 1.32 bits per heavy atom. The third kappa shape index (κ3) is 4.54. The number of rotatable bonds is 9. The Morgan fingerprint density at radius 2 is 2.11 bits per heavy atom. The van der Waals surface area contributed by atoms with E-state index in [1.807, 2.05) is 6.07 Å². The highest BCUT2D eigenvalue weighted by Gasteiger charge is 2.30. The highest BCUT2D eigenvalue weighted by molar-refractivity contribution is 5.33. The Balaban J connectivity index is 1.77. The van der Waals surface area contributed by atoms with Crippen LogP contribution >= 0.6 is 0 Å². The minimum atomic E-state index is 0.745. The molecule has 0 amide bonds. The Morgan fingerprint density at radius 3 is 2.79 bits per heavy atom. The number of hydrogen-bond donors (Lipinski definition) is 1. The molecule has 1 fully saturated rings. The number of ether oxygens (including phenoxy) is 1. The van der Waals surface area contributed by atoms with Gasteiger partial charge in [-0.1, -0.05) is 25.1 Å². The van der Waals surface area contributed by atoms with Gasteiger partial charge in [-0.05, 0) is 62.6 Å². The third-order valence-corrected chi connectivity index (χ3v) is 4.00. The van der Waals surface area contributed by atoms with Gasteiger partial charge in [0.05, 0.1) is 7.11 Å². The molecule has 1 N–H and O–H groups in total. The number of hydrogen-bond acceptors (Lipinski definition) is 2. The van der Waals surface area contributed by atoms with Crippen LogP contribution in [0.5, 0.6) is 5.75 Å². The van der Waals surface area contributed by atoms with Crippen molar-refractivity contribution < 1.29 is 4.74 Å². The van der Waals surface area contributed by atoms with Crippen molar-refractivity contribution in [1.82, 2.24) is 5.32 Å². The quantitative estimate of drug-likeness (QED) is 0.730. The molecule has 1 aliphatic carbocycles. The lowest BCUT2D eigenvalue weighted by molar-refractivity contribution is 0.403. The van der Waals surface area contributed by atoms with E-state index in [1.165, 1.54) is 37.7 Å². The SMILES string of the molecule is CCCNC(CCCc1ccccc1OC)C1CC1. The predicted molar refractivity (Wildman–Crippen MR) is 80.7 cm³/mol. The van der Waals surface area contributed by atoms with Crippen molar-refractivity contribution >= 4 is 0 Å². The molecule has 0 aliphatic heterocycles. The van der Waals surface area contributed by atoms with Gasteiger partial charge in [-0.2, -0.15) is 0 Å². The second-order valence-corrected chi connectivity index (χ2v) is 5.60. The van der Waals surface area contributed by atoms with Crippen LogP contribution in [-0.2, 0) is 6.42 Å². The average molecular weight is 261 g/mol. The zero-order chi connectivity index (χ0) is 13.5. The number of nitrogens with one attached hydrogen (secondary N) is 1. The molecule has 0 bridgehead atoms. The molecule has 0 saturated heterocycles. The van der Waals surface area contributed by atoms with Crippen LogP contribution in [0.1, 0.15) is 44.6 Å². The summed E-state index contributed by atoms with van der Waals surface area (Å²) in [6.45, 7) is 3.40. The van der Waals surface area contributed by atoms with Gasteiger partial charge in [-0.3, -0.25) is 0 Å². The first-order valence-electron chi connectivity index (χ1n) is 7.70. The Hall–Kier alpha value is -1.02. The maximum absolute atomic E-state index is 5.41. The van der Waals surface area contributed by atoms with Crippen LogP contribution in [0.3, 0.4) is 0 Å². The molecule has 0 aromatic heterocycles. The van der Waals surface area contributed by atoms with Crippen molar-refractivity contribution in [3.05, 3.63) is 29.8 Å². The molecule has 0 heterocycles. The zero-order valence-electron chi connectivity index (χ0n) is 12.3. The van der Waals surface area contributed by atoms with Gasteiger partial charge in [0.2, 0.25) is 0 Å². The Kier molecular flexibility index (Phi) is 5.71. The van der Waals surface area contributed by atoms with Crippen LogP contribution < -0.4 is 10.1 Å². The fourth-order valence-electron chi connectivity index (χ4n) is 2.75. The summed E-state index contributed by atoms with van der Waals surface area (Å²) in [5.74, 6) is 1.98. The van der Waals surface area contributed by atoms with Crippen LogP contribution in [0.2, 0.25) is 0 Å². The molecular formula is C17H27NO. The normalized spacial score (nSPS) is 16.3. The summed E-state index contributed by atoms with van der Waals surface area (Å²) in [5.41, 5.74) is 1.34. The number of aryl methyl sites for hydroxylation is 1. The molecule has 1 aromatic carbocycles. The van der Waals surface area contributed by atoms with Gasteiger partial charge < -0.3 is 10.1 Å². The smallest absolute Gasteiger partial charge is 0.122 e. The minimum absolute atomic E-state index is 0.745. The highest BCUT2D eigenvalue weighted by Crippen LogP contribution is 2.34. The van der Waals surface area contributed by atoms with Crippen LogP contribution in [-0.4, -0.2) is 19.7 Å². The summed E-state index contributed by atoms with van der Waals surface area (Å²) < 4.78 is 5.41. The number of methoxy groups -OCH3 is 1. The van der Waals surface area contributed by atoms with Crippen molar-refractivity contribution in [3.63, 3.8) is 0 Å². The monoisotopic (exact) mass is 261 g/mol. The van der Waals surface area contributed by atoms with E-state index in [0.717, 1.165) is 30.7 Å². The van der Waals surface area contributed by atoms with Crippen molar-refractivity contribution in [3.8, 4) is 5.75 Å². The van der Waals surface area contributed by atoms with Crippen molar-refractivity contribution in [2.75, 3.05) is 13.7 Å². The number of benzene rings is 1. The van der Waals surface area contributed by atoms with Crippen molar-refractivity contribution in [1.29, 1.82) is 0 Å². The molecule has 2 rings (SSSR count). The van der Waals surface area contributed by atoms with Gasteiger partial charge in [0.1, 0.15) is 5.75 Å². The van der Waals surface area contributed by atoms with Crippen molar-refractivity contribution in [2.24, 2.45) is 5.92 Å². The maximum atomic E-state index is 5.41. The van der Waals surface area contributed by atoms with E-state index in [-0.39, 0.29) is 0 Å². The van der Waals surface area contributed by atoms with Crippen LogP contribution in [0, 0.1) is 5.92 Å². The highest BCUT2D eigenvalue weighted by atomic mass is 16.5. The standard InChI is InChI=1S/C17H27NO/c1-3-13-18-16(14-11-12-14)9-6-8-15-7-4-5-10-17(15)19-2/h4-5,7,10,14,16,18H,3,6,8-9,11-13H2,1-2H3. The summed E-state index contributed by atoms with van der Waals surface area (Å²) in [4.78, 5) is 0. The third-order valence-electron chi connectivity index (χ3n) is 4.00. The molecule has 1 unspecified atom stereocenters. The van der Waals surface area contributed by atoms with Gasteiger partial charge in [0, 0.05) is 6.04 Å². The molecule has 106 valence electrons. The molecule has 2 nitrogen and oxygen atoms in total. The maximum Gasteiger partial charge on any atom is 0.122 e. The predicted octanol–water partition coefficient (Wildman–Crippen LogP) is 3.80. The second kappa shape index (κ2) is 7.54. The van der Waals surface area contributed by atoms with E-state index < -0.39 is 0 Å². The molecule has 19 heavy (non-hydrogen) atoms. The molecule has 1 aromatic rings. The lowest BCUT2D eigenvalue weighted by Crippen LogP contribution is -2.31. The lowest BCUT2D eigenvalue weighted by atomic mass is 10.0. The fourth-order valence-corrected chi connectivity index (χ4v) is 2.75. The Labute approximate surface area is 117 Å². The topological polar surface area (TPSA) is 21.3 Å². The van der Waals surface area contributed by atoms with E-state index in [4.69, 9.17) is 4.74 Å².